The molecule has 2 aromatic rings. The summed E-state index contributed by atoms with van der Waals surface area (Å²) in [6, 6.07) is 7.88. The lowest BCUT2D eigenvalue weighted by Gasteiger charge is -2.11. The van der Waals surface area contributed by atoms with Gasteiger partial charge in [0.15, 0.2) is 0 Å². The highest BCUT2D eigenvalue weighted by Gasteiger charge is 2.21. The quantitative estimate of drug-likeness (QED) is 0.899. The van der Waals surface area contributed by atoms with Gasteiger partial charge in [-0.05, 0) is 51.7 Å². The van der Waals surface area contributed by atoms with Crippen LogP contribution in [0.25, 0.3) is 11.1 Å². The monoisotopic (exact) mass is 283 g/mol. The second-order valence-electron chi connectivity index (χ2n) is 6.52. The van der Waals surface area contributed by atoms with Gasteiger partial charge in [-0.25, -0.2) is 0 Å². The number of aromatic nitrogens is 2. The van der Waals surface area contributed by atoms with Crippen LogP contribution in [0.5, 0.6) is 0 Å². The molecule has 1 N–H and O–H groups in total. The van der Waals surface area contributed by atoms with Gasteiger partial charge < -0.3 is 5.32 Å². The Morgan fingerprint density at radius 1 is 1.24 bits per heavy atom. The summed E-state index contributed by atoms with van der Waals surface area (Å²) < 4.78 is 2.06. The fraction of sp³-hybridized carbons (Fsp3) is 0.500. The Kier molecular flexibility index (Phi) is 3.85. The highest BCUT2D eigenvalue weighted by molar-refractivity contribution is 5.69. The first kappa shape index (κ1) is 14.3. The van der Waals surface area contributed by atoms with E-state index in [1.165, 1.54) is 35.1 Å². The Morgan fingerprint density at radius 3 is 2.62 bits per heavy atom. The van der Waals surface area contributed by atoms with Crippen LogP contribution in [-0.2, 0) is 6.54 Å². The minimum atomic E-state index is 0.398. The van der Waals surface area contributed by atoms with Crippen molar-refractivity contribution >= 4 is 0 Å². The predicted molar refractivity (Wildman–Crippen MR) is 87.4 cm³/mol. The summed E-state index contributed by atoms with van der Waals surface area (Å²) in [6.07, 6.45) is 4.84. The van der Waals surface area contributed by atoms with Crippen molar-refractivity contribution in [3.8, 4) is 11.1 Å². The third kappa shape index (κ3) is 3.18. The van der Waals surface area contributed by atoms with Crippen LogP contribution in [0.2, 0.25) is 0 Å². The van der Waals surface area contributed by atoms with Crippen LogP contribution in [0.1, 0.15) is 49.6 Å². The summed E-state index contributed by atoms with van der Waals surface area (Å²) >= 11 is 0. The third-order valence-electron chi connectivity index (χ3n) is 4.16. The molecule has 1 aromatic carbocycles. The topological polar surface area (TPSA) is 29.9 Å². The number of hydrogen-bond donors (Lipinski definition) is 1. The van der Waals surface area contributed by atoms with Gasteiger partial charge in [0.1, 0.15) is 0 Å². The molecule has 0 spiro atoms. The standard InChI is InChI=1S/C18H25N3/c1-12(2)21-11-18(14(4)20-21)17-9-13(3)5-6-15(17)10-19-16-7-8-16/h5-6,9,11-12,16,19H,7-8,10H2,1-4H3. The second-order valence-corrected chi connectivity index (χ2v) is 6.52. The molecule has 1 aromatic heterocycles. The van der Waals surface area contributed by atoms with E-state index in [1.807, 2.05) is 0 Å². The molecule has 3 nitrogen and oxygen atoms in total. The summed E-state index contributed by atoms with van der Waals surface area (Å²) in [5, 5.41) is 8.29. The van der Waals surface area contributed by atoms with Crippen LogP contribution in [0.15, 0.2) is 24.4 Å². The fourth-order valence-corrected chi connectivity index (χ4v) is 2.65. The molecule has 112 valence electrons. The van der Waals surface area contributed by atoms with Crippen molar-refractivity contribution in [3.63, 3.8) is 0 Å². The molecule has 0 amide bonds. The van der Waals surface area contributed by atoms with Crippen molar-refractivity contribution in [1.82, 2.24) is 15.1 Å². The molecule has 0 unspecified atom stereocenters. The lowest BCUT2D eigenvalue weighted by molar-refractivity contribution is 0.529. The van der Waals surface area contributed by atoms with Crippen molar-refractivity contribution in [2.24, 2.45) is 0 Å². The summed E-state index contributed by atoms with van der Waals surface area (Å²) in [4.78, 5) is 0. The number of aryl methyl sites for hydroxylation is 2. The number of nitrogens with zero attached hydrogens (tertiary/aromatic N) is 2. The lowest BCUT2D eigenvalue weighted by Crippen LogP contribution is -2.15. The first-order valence-electron chi connectivity index (χ1n) is 7.93. The molecule has 3 rings (SSSR count). The van der Waals surface area contributed by atoms with Gasteiger partial charge in [0.05, 0.1) is 5.69 Å². The molecule has 1 heterocycles. The average molecular weight is 283 g/mol. The van der Waals surface area contributed by atoms with Gasteiger partial charge in [0.25, 0.3) is 0 Å². The van der Waals surface area contributed by atoms with Crippen LogP contribution in [-0.4, -0.2) is 15.8 Å². The van der Waals surface area contributed by atoms with E-state index in [2.05, 4.69) is 67.2 Å². The number of nitrogens with one attached hydrogen (secondary N) is 1. The maximum Gasteiger partial charge on any atom is 0.0672 e. The Bertz CT molecular complexity index is 636. The molecular formula is C18H25N3. The molecule has 0 atom stereocenters. The number of rotatable bonds is 5. The van der Waals surface area contributed by atoms with Crippen molar-refractivity contribution < 1.29 is 0 Å². The second kappa shape index (κ2) is 5.64. The van der Waals surface area contributed by atoms with Gasteiger partial charge in [0.2, 0.25) is 0 Å². The van der Waals surface area contributed by atoms with Crippen molar-refractivity contribution in [1.29, 1.82) is 0 Å². The predicted octanol–water partition coefficient (Wildman–Crippen LogP) is 4.00. The molecule has 0 bridgehead atoms. The third-order valence-corrected chi connectivity index (χ3v) is 4.16. The minimum Gasteiger partial charge on any atom is -0.310 e. The zero-order chi connectivity index (χ0) is 15.0. The summed E-state index contributed by atoms with van der Waals surface area (Å²) in [6.45, 7) is 9.55. The SMILES string of the molecule is Cc1ccc(CNC2CC2)c(-c2cn(C(C)C)nc2C)c1. The van der Waals surface area contributed by atoms with Gasteiger partial charge in [-0.1, -0.05) is 23.8 Å². The zero-order valence-electron chi connectivity index (χ0n) is 13.5. The van der Waals surface area contributed by atoms with Crippen LogP contribution < -0.4 is 5.32 Å². The summed E-state index contributed by atoms with van der Waals surface area (Å²) in [5.74, 6) is 0. The van der Waals surface area contributed by atoms with Crippen molar-refractivity contribution in [2.75, 3.05) is 0 Å². The Balaban J connectivity index is 1.96. The number of hydrogen-bond acceptors (Lipinski definition) is 2. The van der Waals surface area contributed by atoms with Crippen molar-refractivity contribution in [2.45, 2.75) is 59.2 Å². The molecule has 1 aliphatic rings. The normalized spacial score (nSPS) is 14.9. The first-order chi connectivity index (χ1) is 10.0. The summed E-state index contributed by atoms with van der Waals surface area (Å²) in [7, 11) is 0. The fourth-order valence-electron chi connectivity index (χ4n) is 2.65. The average Bonchev–Trinajstić information content (AvgIpc) is 3.18. The Labute approximate surface area is 127 Å². The van der Waals surface area contributed by atoms with E-state index in [1.54, 1.807) is 0 Å². The van der Waals surface area contributed by atoms with E-state index < -0.39 is 0 Å². The molecule has 0 radical (unpaired) electrons. The Hall–Kier alpha value is -1.61. The van der Waals surface area contributed by atoms with Crippen LogP contribution >= 0.6 is 0 Å². The van der Waals surface area contributed by atoms with E-state index >= 15 is 0 Å². The highest BCUT2D eigenvalue weighted by atomic mass is 15.3. The molecular weight excluding hydrogens is 258 g/mol. The lowest BCUT2D eigenvalue weighted by atomic mass is 9.98. The molecule has 21 heavy (non-hydrogen) atoms. The van der Waals surface area contributed by atoms with E-state index in [0.717, 1.165) is 18.3 Å². The molecule has 3 heteroatoms. The van der Waals surface area contributed by atoms with Gasteiger partial charge >= 0.3 is 0 Å². The molecule has 1 fully saturated rings. The van der Waals surface area contributed by atoms with Gasteiger partial charge in [-0.15, -0.1) is 0 Å². The first-order valence-corrected chi connectivity index (χ1v) is 7.93. The molecule has 1 aliphatic carbocycles. The smallest absolute Gasteiger partial charge is 0.0672 e. The maximum absolute atomic E-state index is 4.66. The molecule has 0 aliphatic heterocycles. The highest BCUT2D eigenvalue weighted by Crippen LogP contribution is 2.29. The van der Waals surface area contributed by atoms with Gasteiger partial charge in [-0.3, -0.25) is 4.68 Å². The minimum absolute atomic E-state index is 0.398. The Morgan fingerprint density at radius 2 is 2.00 bits per heavy atom. The van der Waals surface area contributed by atoms with E-state index in [4.69, 9.17) is 0 Å². The summed E-state index contributed by atoms with van der Waals surface area (Å²) in [5.41, 5.74) is 6.38. The molecule has 1 saturated carbocycles. The van der Waals surface area contributed by atoms with Crippen molar-refractivity contribution in [3.05, 3.63) is 41.2 Å². The maximum atomic E-state index is 4.66. The van der Waals surface area contributed by atoms with Crippen LogP contribution in [0.3, 0.4) is 0 Å². The zero-order valence-corrected chi connectivity index (χ0v) is 13.5. The van der Waals surface area contributed by atoms with Crippen LogP contribution in [0.4, 0.5) is 0 Å². The molecule has 0 saturated heterocycles. The van der Waals surface area contributed by atoms with E-state index in [0.29, 0.717) is 6.04 Å². The van der Waals surface area contributed by atoms with Gasteiger partial charge in [-0.2, -0.15) is 5.10 Å². The van der Waals surface area contributed by atoms with E-state index in [-0.39, 0.29) is 0 Å². The number of benzene rings is 1. The largest absolute Gasteiger partial charge is 0.310 e. The van der Waals surface area contributed by atoms with E-state index in [9.17, 15) is 0 Å². The van der Waals surface area contributed by atoms with Gasteiger partial charge in [0, 0.05) is 30.4 Å². The van der Waals surface area contributed by atoms with Crippen LogP contribution in [0, 0.1) is 13.8 Å².